The van der Waals surface area contributed by atoms with Gasteiger partial charge in [0, 0.05) is 13.0 Å². The minimum atomic E-state index is -3.40. The van der Waals surface area contributed by atoms with Crippen molar-refractivity contribution >= 4 is 15.9 Å². The van der Waals surface area contributed by atoms with E-state index >= 15 is 0 Å². The van der Waals surface area contributed by atoms with E-state index in [1.807, 2.05) is 0 Å². The Labute approximate surface area is 120 Å². The molecule has 0 fully saturated rings. The van der Waals surface area contributed by atoms with Crippen molar-refractivity contribution in [2.75, 3.05) is 7.05 Å². The van der Waals surface area contributed by atoms with Crippen molar-refractivity contribution in [2.45, 2.75) is 38.1 Å². The summed E-state index contributed by atoms with van der Waals surface area (Å²) in [6.07, 6.45) is 1.38. The monoisotopic (exact) mass is 298 g/mol. The third-order valence-electron chi connectivity index (χ3n) is 2.94. The Hall–Kier alpha value is -1.40. The number of amides is 1. The van der Waals surface area contributed by atoms with Gasteiger partial charge in [0.1, 0.15) is 0 Å². The first-order valence-electron chi connectivity index (χ1n) is 6.64. The summed E-state index contributed by atoms with van der Waals surface area (Å²) < 4.78 is 25.3. The zero-order valence-corrected chi connectivity index (χ0v) is 13.0. The molecule has 1 aromatic rings. The lowest BCUT2D eigenvalue weighted by molar-refractivity contribution is -0.121. The Morgan fingerprint density at radius 1 is 1.20 bits per heavy atom. The second kappa shape index (κ2) is 7.40. The molecule has 0 atom stereocenters. The van der Waals surface area contributed by atoms with Crippen LogP contribution in [0.4, 0.5) is 0 Å². The molecule has 1 rings (SSSR count). The normalized spacial score (nSPS) is 11.6. The number of hydrogen-bond donors (Lipinski definition) is 2. The van der Waals surface area contributed by atoms with Gasteiger partial charge in [-0.15, -0.1) is 0 Å². The Balaban J connectivity index is 2.52. The van der Waals surface area contributed by atoms with Crippen LogP contribution in [-0.2, 0) is 21.4 Å². The summed E-state index contributed by atoms with van der Waals surface area (Å²) in [5.74, 6) is 0.525. The molecule has 0 saturated carbocycles. The van der Waals surface area contributed by atoms with E-state index in [9.17, 15) is 13.2 Å². The average Bonchev–Trinajstić information content (AvgIpc) is 2.43. The van der Waals surface area contributed by atoms with Crippen molar-refractivity contribution in [3.8, 4) is 0 Å². The smallest absolute Gasteiger partial charge is 0.240 e. The zero-order valence-electron chi connectivity index (χ0n) is 12.1. The van der Waals surface area contributed by atoms with Gasteiger partial charge >= 0.3 is 0 Å². The molecule has 2 N–H and O–H groups in total. The van der Waals surface area contributed by atoms with E-state index in [2.05, 4.69) is 23.9 Å². The first kappa shape index (κ1) is 16.7. The van der Waals surface area contributed by atoms with Gasteiger partial charge in [-0.1, -0.05) is 26.0 Å². The fraction of sp³-hybridized carbons (Fsp3) is 0.500. The minimum Gasteiger partial charge on any atom is -0.352 e. The number of carbonyl (C=O) groups is 1. The first-order valence-corrected chi connectivity index (χ1v) is 8.12. The molecule has 5 nitrogen and oxygen atoms in total. The fourth-order valence-electron chi connectivity index (χ4n) is 1.61. The van der Waals surface area contributed by atoms with Crippen molar-refractivity contribution in [1.82, 2.24) is 10.0 Å². The van der Waals surface area contributed by atoms with Gasteiger partial charge in [-0.2, -0.15) is 0 Å². The second-order valence-corrected chi connectivity index (χ2v) is 6.95. The van der Waals surface area contributed by atoms with Crippen molar-refractivity contribution in [3.05, 3.63) is 29.8 Å². The van der Waals surface area contributed by atoms with Crippen molar-refractivity contribution in [3.63, 3.8) is 0 Å². The van der Waals surface area contributed by atoms with Crippen LogP contribution in [0.3, 0.4) is 0 Å². The highest BCUT2D eigenvalue weighted by molar-refractivity contribution is 7.89. The standard InChI is InChI=1S/C14H22N2O3S/c1-11(2)4-9-14(17)16-10-12-5-7-13(8-6-12)20(18,19)15-3/h5-8,11,15H,4,9-10H2,1-3H3,(H,16,17). The summed E-state index contributed by atoms with van der Waals surface area (Å²) in [5.41, 5.74) is 0.873. The Morgan fingerprint density at radius 3 is 2.30 bits per heavy atom. The highest BCUT2D eigenvalue weighted by Crippen LogP contribution is 2.10. The molecule has 0 saturated heterocycles. The number of rotatable bonds is 7. The summed E-state index contributed by atoms with van der Waals surface area (Å²) in [6.45, 7) is 4.57. The Kier molecular flexibility index (Phi) is 6.16. The van der Waals surface area contributed by atoms with Gasteiger partial charge in [0.25, 0.3) is 0 Å². The van der Waals surface area contributed by atoms with Crippen molar-refractivity contribution in [2.24, 2.45) is 5.92 Å². The lowest BCUT2D eigenvalue weighted by Crippen LogP contribution is -2.23. The van der Waals surface area contributed by atoms with Crippen LogP contribution in [0.1, 0.15) is 32.3 Å². The van der Waals surface area contributed by atoms with Crippen molar-refractivity contribution < 1.29 is 13.2 Å². The highest BCUT2D eigenvalue weighted by Gasteiger charge is 2.10. The van der Waals surface area contributed by atoms with E-state index in [0.29, 0.717) is 18.9 Å². The minimum absolute atomic E-state index is 0.0191. The molecule has 1 aromatic carbocycles. The molecule has 6 heteroatoms. The number of hydrogen-bond acceptors (Lipinski definition) is 3. The number of benzene rings is 1. The molecule has 0 bridgehead atoms. The lowest BCUT2D eigenvalue weighted by atomic mass is 10.1. The largest absolute Gasteiger partial charge is 0.352 e. The molecule has 1 amide bonds. The van der Waals surface area contributed by atoms with Crippen LogP contribution >= 0.6 is 0 Å². The maximum absolute atomic E-state index is 11.6. The van der Waals surface area contributed by atoms with Crippen LogP contribution in [0.2, 0.25) is 0 Å². The third kappa shape index (κ3) is 5.30. The Bertz CT molecular complexity index is 536. The third-order valence-corrected chi connectivity index (χ3v) is 4.37. The molecular formula is C14H22N2O3S. The van der Waals surface area contributed by atoms with E-state index in [-0.39, 0.29) is 10.8 Å². The van der Waals surface area contributed by atoms with Gasteiger partial charge in [-0.25, -0.2) is 13.1 Å². The van der Waals surface area contributed by atoms with Gasteiger partial charge in [0.05, 0.1) is 4.90 Å². The van der Waals surface area contributed by atoms with E-state index in [4.69, 9.17) is 0 Å². The maximum Gasteiger partial charge on any atom is 0.240 e. The van der Waals surface area contributed by atoms with Crippen molar-refractivity contribution in [1.29, 1.82) is 0 Å². The quantitative estimate of drug-likeness (QED) is 0.803. The second-order valence-electron chi connectivity index (χ2n) is 5.06. The molecule has 112 valence electrons. The SMILES string of the molecule is CNS(=O)(=O)c1ccc(CNC(=O)CCC(C)C)cc1. The van der Waals surface area contributed by atoms with Crippen LogP contribution < -0.4 is 10.0 Å². The molecule has 0 aliphatic rings. The van der Waals surface area contributed by atoms with Gasteiger partial charge < -0.3 is 5.32 Å². The molecule has 0 aliphatic carbocycles. The number of carbonyl (C=O) groups excluding carboxylic acids is 1. The maximum atomic E-state index is 11.6. The molecule has 0 spiro atoms. The molecule has 0 heterocycles. The van der Waals surface area contributed by atoms with Gasteiger partial charge in [-0.05, 0) is 37.1 Å². The molecule has 0 radical (unpaired) electrons. The predicted octanol–water partition coefficient (Wildman–Crippen LogP) is 1.65. The van der Waals surface area contributed by atoms with E-state index < -0.39 is 10.0 Å². The van der Waals surface area contributed by atoms with Crippen LogP contribution in [0.25, 0.3) is 0 Å². The van der Waals surface area contributed by atoms with Crippen LogP contribution in [0.5, 0.6) is 0 Å². The van der Waals surface area contributed by atoms with E-state index in [1.165, 1.54) is 19.2 Å². The topological polar surface area (TPSA) is 75.3 Å². The van der Waals surface area contributed by atoms with E-state index in [1.54, 1.807) is 12.1 Å². The number of nitrogens with one attached hydrogen (secondary N) is 2. The van der Waals surface area contributed by atoms with Crippen LogP contribution in [-0.4, -0.2) is 21.4 Å². The summed E-state index contributed by atoms with van der Waals surface area (Å²) in [6, 6.07) is 6.46. The zero-order chi connectivity index (χ0) is 15.2. The first-order chi connectivity index (χ1) is 9.35. The van der Waals surface area contributed by atoms with Gasteiger partial charge in [0.15, 0.2) is 0 Å². The molecule has 0 unspecified atom stereocenters. The summed E-state index contributed by atoms with van der Waals surface area (Å²) in [4.78, 5) is 11.8. The molecule has 0 aromatic heterocycles. The van der Waals surface area contributed by atoms with E-state index in [0.717, 1.165) is 12.0 Å². The van der Waals surface area contributed by atoms with Gasteiger partial charge in [0.2, 0.25) is 15.9 Å². The summed E-state index contributed by atoms with van der Waals surface area (Å²) in [7, 11) is -2.03. The summed E-state index contributed by atoms with van der Waals surface area (Å²) >= 11 is 0. The molecular weight excluding hydrogens is 276 g/mol. The summed E-state index contributed by atoms with van der Waals surface area (Å²) in [5, 5.41) is 2.82. The fourth-order valence-corrected chi connectivity index (χ4v) is 2.34. The number of sulfonamides is 1. The predicted molar refractivity (Wildman–Crippen MR) is 78.6 cm³/mol. The average molecular weight is 298 g/mol. The highest BCUT2D eigenvalue weighted by atomic mass is 32.2. The molecule has 20 heavy (non-hydrogen) atoms. The molecule has 0 aliphatic heterocycles. The van der Waals surface area contributed by atoms with Crippen LogP contribution in [0.15, 0.2) is 29.2 Å². The van der Waals surface area contributed by atoms with Crippen LogP contribution in [0, 0.1) is 5.92 Å². The lowest BCUT2D eigenvalue weighted by Gasteiger charge is -2.08. The Morgan fingerprint density at radius 2 is 1.80 bits per heavy atom. The van der Waals surface area contributed by atoms with Gasteiger partial charge in [-0.3, -0.25) is 4.79 Å².